The molecule has 7 aromatic carbocycles. The van der Waals surface area contributed by atoms with Gasteiger partial charge in [0.2, 0.25) is 5.85 Å². The van der Waals surface area contributed by atoms with Crippen LogP contribution in [-0.2, 0) is 32.4 Å². The maximum absolute atomic E-state index is 12.8. The van der Waals surface area contributed by atoms with Gasteiger partial charge in [0.15, 0.2) is 13.5 Å². The van der Waals surface area contributed by atoms with E-state index in [-0.39, 0.29) is 63.8 Å². The number of nitrogens with zero attached hydrogens (tertiary/aromatic N) is 2. The number of carbonyl (C=O) groups excluding carboxylic acids is 3. The molecule has 0 saturated carbocycles. The minimum Gasteiger partial charge on any atom is -1.00 e. The Bertz CT molecular complexity index is 3850. The van der Waals surface area contributed by atoms with Gasteiger partial charge in [0.25, 0.3) is 12.9 Å². The third-order valence-electron chi connectivity index (χ3n) is 14.7. The molecule has 2 aliphatic rings. The third kappa shape index (κ3) is 16.6. The molecule has 0 saturated heterocycles. The Balaban J connectivity index is 0.000000174. The van der Waals surface area contributed by atoms with Crippen LogP contribution in [-0.4, -0.2) is 82.8 Å². The molecule has 11 rings (SSSR count). The van der Waals surface area contributed by atoms with Crippen LogP contribution < -0.4 is 42.4 Å². The van der Waals surface area contributed by atoms with Crippen LogP contribution in [0.2, 0.25) is 61.4 Å². The van der Waals surface area contributed by atoms with E-state index in [0.717, 1.165) is 40.4 Å². The summed E-state index contributed by atoms with van der Waals surface area (Å²) in [5, 5.41) is 5.58. The van der Waals surface area contributed by atoms with Crippen LogP contribution in [0.15, 0.2) is 176 Å². The lowest BCUT2D eigenvalue weighted by molar-refractivity contribution is -0.0000619. The predicted octanol–water partition coefficient (Wildman–Crippen LogP) is 13.8. The molecule has 11 nitrogen and oxygen atoms in total. The van der Waals surface area contributed by atoms with E-state index in [1.807, 2.05) is 65.2 Å². The minimum atomic E-state index is -2.61. The van der Waals surface area contributed by atoms with Gasteiger partial charge in [0.1, 0.15) is 59.8 Å². The second-order valence-electron chi connectivity index (χ2n) is 23.4. The second kappa shape index (κ2) is 30.3. The summed E-state index contributed by atoms with van der Waals surface area (Å²) in [5.74, 6) is -0.217. The summed E-state index contributed by atoms with van der Waals surface area (Å²) in [7, 11) is -4.79. The molecule has 0 bridgehead atoms. The first-order chi connectivity index (χ1) is 42.1. The van der Waals surface area contributed by atoms with Gasteiger partial charge in [-0.1, -0.05) is 153 Å². The smallest absolute Gasteiger partial charge is 0.344 e. The number of fused-ring (bicyclic) bond motifs is 4. The quantitative estimate of drug-likeness (QED) is 0.0163. The Morgan fingerprint density at radius 2 is 0.966 bits per heavy atom. The molecule has 0 amide bonds. The van der Waals surface area contributed by atoms with Gasteiger partial charge in [-0.2, -0.15) is 0 Å². The number of halogens is 7. The number of alkyl halides is 4. The summed E-state index contributed by atoms with van der Waals surface area (Å²) >= 11 is 12.4. The number of hydrogen-bond acceptors (Lipinski definition) is 9. The van der Waals surface area contributed by atoms with E-state index in [4.69, 9.17) is 51.6 Å². The second-order valence-corrected chi connectivity index (χ2v) is 38.9. The number of esters is 2. The first-order valence-electron chi connectivity index (χ1n) is 28.6. The van der Waals surface area contributed by atoms with Gasteiger partial charge in [0, 0.05) is 75.2 Å². The average Bonchev–Trinajstić information content (AvgIpc) is 1.78. The molecule has 1 unspecified atom stereocenters. The van der Waals surface area contributed by atoms with Gasteiger partial charge in [-0.3, -0.25) is 4.79 Å². The van der Waals surface area contributed by atoms with Crippen LogP contribution in [0.3, 0.4) is 0 Å². The van der Waals surface area contributed by atoms with Gasteiger partial charge in [-0.05, 0) is 84.9 Å². The van der Waals surface area contributed by atoms with E-state index < -0.39 is 55.4 Å². The minimum absolute atomic E-state index is 0. The highest BCUT2D eigenvalue weighted by atomic mass is 79.9. The average molecular weight is 1370 g/mol. The predicted molar refractivity (Wildman–Crippen MR) is 350 cm³/mol. The maximum atomic E-state index is 12.8. The Labute approximate surface area is 538 Å². The molecule has 9 aromatic rings. The summed E-state index contributed by atoms with van der Waals surface area (Å²) in [5.41, 5.74) is 5.40. The zero-order chi connectivity index (χ0) is 62.8. The van der Waals surface area contributed by atoms with Crippen molar-refractivity contribution in [2.75, 3.05) is 26.4 Å². The Kier molecular flexibility index (Phi) is 23.2. The van der Waals surface area contributed by atoms with Crippen LogP contribution in [0, 0.1) is 0 Å². The lowest BCUT2D eigenvalue weighted by atomic mass is 10.1. The van der Waals surface area contributed by atoms with E-state index in [0.29, 0.717) is 52.4 Å². The summed E-state index contributed by atoms with van der Waals surface area (Å²) in [6.45, 7) is 13.8. The van der Waals surface area contributed by atoms with Gasteiger partial charge in [-0.15, -0.1) is 0 Å². The fraction of sp³-hybridized carbons (Fsp3) is 0.250. The van der Waals surface area contributed by atoms with Crippen LogP contribution in [0.25, 0.3) is 33.6 Å². The summed E-state index contributed by atoms with van der Waals surface area (Å²) < 4.78 is 87.4. The number of ether oxygens (including phenoxy) is 6. The van der Waals surface area contributed by atoms with Crippen molar-refractivity contribution in [1.29, 1.82) is 0 Å². The molecule has 2 aliphatic heterocycles. The monoisotopic (exact) mass is 1370 g/mol. The molecule has 0 aliphatic carbocycles. The van der Waals surface area contributed by atoms with E-state index in [1.54, 1.807) is 53.1 Å². The number of rotatable bonds is 22. The molecule has 0 fully saturated rings. The number of hydrogen-bond donors (Lipinski definition) is 0. The van der Waals surface area contributed by atoms with Crippen molar-refractivity contribution < 1.29 is 77.3 Å². The number of benzene rings is 7. The molecule has 2 aromatic heterocycles. The molecule has 1 atom stereocenters. The topological polar surface area (TPSA) is 116 Å². The molecule has 466 valence electrons. The largest absolute Gasteiger partial charge is 1.00 e. The fourth-order valence-electron chi connectivity index (χ4n) is 10.3. The number of carbonyl (C=O) groups is 3. The fourth-order valence-corrected chi connectivity index (χ4v) is 16.7. The lowest BCUT2D eigenvalue weighted by Gasteiger charge is -2.31. The molecular formula is C68H68BrCl2F4N2O9PSi2. The molecule has 4 heterocycles. The third-order valence-corrected chi connectivity index (χ3v) is 23.1. The highest BCUT2D eigenvalue weighted by molar-refractivity contribution is 7.95. The van der Waals surface area contributed by atoms with Gasteiger partial charge in [0.05, 0.1) is 37.9 Å². The van der Waals surface area contributed by atoms with Crippen molar-refractivity contribution in [2.45, 2.75) is 83.5 Å². The van der Waals surface area contributed by atoms with E-state index in [1.165, 1.54) is 15.9 Å². The van der Waals surface area contributed by atoms with Crippen molar-refractivity contribution in [3.8, 4) is 11.5 Å². The van der Waals surface area contributed by atoms with E-state index in [9.17, 15) is 31.9 Å². The molecule has 0 radical (unpaired) electrons. The highest BCUT2D eigenvalue weighted by Gasteiger charge is 2.58. The highest BCUT2D eigenvalue weighted by Crippen LogP contribution is 2.69. The van der Waals surface area contributed by atoms with Crippen LogP contribution in [0.4, 0.5) is 17.6 Å². The zero-order valence-electron chi connectivity index (χ0n) is 49.9. The van der Waals surface area contributed by atoms with Gasteiger partial charge in [-0.25, -0.2) is 27.2 Å². The van der Waals surface area contributed by atoms with Gasteiger partial charge >= 0.3 is 11.9 Å². The summed E-state index contributed by atoms with van der Waals surface area (Å²) in [4.78, 5) is 36.4. The number of aldehydes is 1. The normalized spacial score (nSPS) is 14.1. The summed E-state index contributed by atoms with van der Waals surface area (Å²) in [6, 6.07) is 58.6. The van der Waals surface area contributed by atoms with Crippen molar-refractivity contribution in [3.05, 3.63) is 220 Å². The number of cyclic esters (lactones) is 2. The van der Waals surface area contributed by atoms with Crippen molar-refractivity contribution in [1.82, 2.24) is 9.13 Å². The van der Waals surface area contributed by atoms with Crippen LogP contribution >= 0.6 is 30.5 Å². The SMILES string of the molecule is C[Si](C)(C)CCOCn1c(C=C2OC(=O)c3ccccc32)cc2cc(Cl)c(OCC(F)F)cc21.C[Si](C)(C)CCOCn1c(C=O)cc2cc(Cl)c(OCC(F)F)cc21.O=C1OC([P+](c2ccccc2)(c2ccccc2)c2ccccc2)c2ccccc21.[Br-]. The standard InChI is InChI=1S/C26H20O2P.C25H26ClF2NO4Si.C17H22ClF2NO3Si.BrH/c27-25-23-18-10-11-19-24(23)26(28-25)29(20-12-4-1-5-13-20,21-14-6-2-7-15-21)22-16-8-3-9-17-22;1-34(2,3)9-8-31-15-29-17(12-22-18-6-4-5-7-19(18)25(30)33-22)10-16-11-20(26)23(13-21(16)29)32-14-24(27)28;1-25(2,3)5-4-23-11-21-13(9-22)6-12-7-14(18)16(8-15(12)21)24-10-17(19)20;/h1-19,26H;4-7,10-13,24H,8-9,14-15H2,1-3H3;6-9,17H,4-5,10-11H2,1-3H3;1H/q+1;;;/p-1. The Morgan fingerprint density at radius 1 is 0.551 bits per heavy atom. The van der Waals surface area contributed by atoms with Crippen molar-refractivity contribution >= 4 is 114 Å². The molecule has 0 N–H and O–H groups in total. The summed E-state index contributed by atoms with van der Waals surface area (Å²) in [6.07, 6.45) is -2.69. The van der Waals surface area contributed by atoms with E-state index in [2.05, 4.69) is 112 Å². The lowest BCUT2D eigenvalue weighted by Crippen LogP contribution is -3.00. The molecular weight excluding hydrogens is 1300 g/mol. The van der Waals surface area contributed by atoms with Gasteiger partial charge < -0.3 is 54.5 Å². The van der Waals surface area contributed by atoms with E-state index >= 15 is 0 Å². The zero-order valence-corrected chi connectivity index (χ0v) is 55.9. The number of aromatic nitrogens is 2. The Hall–Kier alpha value is -6.87. The van der Waals surface area contributed by atoms with Crippen LogP contribution in [0.1, 0.15) is 53.9 Å². The Morgan fingerprint density at radius 3 is 1.42 bits per heavy atom. The molecule has 21 heteroatoms. The molecule has 0 spiro atoms. The van der Waals surface area contributed by atoms with Crippen molar-refractivity contribution in [3.63, 3.8) is 0 Å². The van der Waals surface area contributed by atoms with Crippen LogP contribution in [0.5, 0.6) is 11.5 Å². The first kappa shape index (κ1) is 68.1. The molecule has 89 heavy (non-hydrogen) atoms. The maximum Gasteiger partial charge on any atom is 0.344 e. The van der Waals surface area contributed by atoms with Crippen molar-refractivity contribution in [2.24, 2.45) is 0 Å². The first-order valence-corrected chi connectivity index (χ1v) is 38.6.